The normalized spacial score (nSPS) is 15.6. The van der Waals surface area contributed by atoms with Crippen molar-refractivity contribution < 1.29 is 14.7 Å². The summed E-state index contributed by atoms with van der Waals surface area (Å²) in [5.74, 6) is -0.425. The van der Waals surface area contributed by atoms with Gasteiger partial charge in [-0.3, -0.25) is 9.59 Å². The number of carbonyl (C=O) groups excluding carboxylic acids is 2. The summed E-state index contributed by atoms with van der Waals surface area (Å²) in [4.78, 5) is 23.3. The Morgan fingerprint density at radius 3 is 2.21 bits per heavy atom. The molecule has 2 N–H and O–H groups in total. The van der Waals surface area contributed by atoms with Crippen LogP contribution in [0.2, 0.25) is 0 Å². The molecule has 1 amide bonds. The van der Waals surface area contributed by atoms with Crippen LogP contribution >= 0.6 is 0 Å². The van der Waals surface area contributed by atoms with Crippen LogP contribution in [-0.4, -0.2) is 28.9 Å². The number of unbranched alkanes of at least 4 members (excludes halogenated alkanes) is 2. The van der Waals surface area contributed by atoms with Crippen molar-refractivity contribution in [2.75, 3.05) is 0 Å². The highest BCUT2D eigenvalue weighted by atomic mass is 16.3. The van der Waals surface area contributed by atoms with Gasteiger partial charge < -0.3 is 10.4 Å². The number of hydrogen-bond acceptors (Lipinski definition) is 3. The third-order valence-corrected chi connectivity index (χ3v) is 3.41. The summed E-state index contributed by atoms with van der Waals surface area (Å²) in [7, 11) is 0. The first-order valence-electron chi connectivity index (χ1n) is 7.42. The Labute approximate surface area is 117 Å². The van der Waals surface area contributed by atoms with Gasteiger partial charge in [-0.15, -0.1) is 0 Å². The number of hydrogen-bond donors (Lipinski definition) is 2. The molecule has 112 valence electrons. The molecule has 0 aromatic carbocycles. The molecule has 0 aliphatic rings. The Kier molecular flexibility index (Phi) is 9.48. The molecular weight excluding hydrogens is 242 g/mol. The predicted octanol–water partition coefficient (Wildman–Crippen LogP) is 2.44. The number of nitrogens with one attached hydrogen (secondary N) is 1. The molecule has 0 rings (SSSR count). The van der Waals surface area contributed by atoms with Crippen LogP contribution in [0.5, 0.6) is 0 Å². The minimum Gasteiger partial charge on any atom is -0.383 e. The zero-order valence-electron chi connectivity index (χ0n) is 12.7. The molecular formula is C15H29NO3. The van der Waals surface area contributed by atoms with Crippen molar-refractivity contribution >= 4 is 11.7 Å². The monoisotopic (exact) mass is 271 g/mol. The number of amides is 1. The largest absolute Gasteiger partial charge is 0.383 e. The first-order chi connectivity index (χ1) is 8.93. The zero-order chi connectivity index (χ0) is 14.8. The van der Waals surface area contributed by atoms with Gasteiger partial charge in [-0.05, 0) is 19.8 Å². The van der Waals surface area contributed by atoms with Gasteiger partial charge in [-0.1, -0.05) is 46.5 Å². The van der Waals surface area contributed by atoms with Gasteiger partial charge >= 0.3 is 0 Å². The summed E-state index contributed by atoms with van der Waals surface area (Å²) < 4.78 is 0. The van der Waals surface area contributed by atoms with E-state index >= 15 is 0 Å². The lowest BCUT2D eigenvalue weighted by Gasteiger charge is -2.24. The van der Waals surface area contributed by atoms with Crippen molar-refractivity contribution in [3.8, 4) is 0 Å². The molecule has 0 fully saturated rings. The van der Waals surface area contributed by atoms with Gasteiger partial charge in [0.05, 0.1) is 6.04 Å². The number of aliphatic hydroxyl groups excluding tert-OH is 1. The molecule has 0 spiro atoms. The topological polar surface area (TPSA) is 66.4 Å². The lowest BCUT2D eigenvalue weighted by molar-refractivity contribution is -0.130. The quantitative estimate of drug-likeness (QED) is 0.600. The molecule has 0 heterocycles. The third kappa shape index (κ3) is 7.31. The standard InChI is InChI=1S/C15H29NO3/c1-5-7-8-10-13(14(18)12(4)17)16-15(19)11(3)9-6-2/h11,13-14,18H,5-10H2,1-4H3,(H,16,19)/t11-,13-,14?/m0/s1. The average Bonchev–Trinajstić information content (AvgIpc) is 2.36. The van der Waals surface area contributed by atoms with E-state index in [1.807, 2.05) is 13.8 Å². The smallest absolute Gasteiger partial charge is 0.223 e. The third-order valence-electron chi connectivity index (χ3n) is 3.41. The fraction of sp³-hybridized carbons (Fsp3) is 0.867. The van der Waals surface area contributed by atoms with E-state index in [9.17, 15) is 14.7 Å². The predicted molar refractivity (Wildman–Crippen MR) is 76.8 cm³/mol. The van der Waals surface area contributed by atoms with Crippen molar-refractivity contribution in [1.29, 1.82) is 0 Å². The Morgan fingerprint density at radius 1 is 1.11 bits per heavy atom. The first-order valence-corrected chi connectivity index (χ1v) is 7.42. The van der Waals surface area contributed by atoms with Crippen molar-refractivity contribution in [2.24, 2.45) is 5.92 Å². The minimum absolute atomic E-state index is 0.0661. The summed E-state index contributed by atoms with van der Waals surface area (Å²) in [6.45, 7) is 7.37. The van der Waals surface area contributed by atoms with E-state index in [-0.39, 0.29) is 17.6 Å². The molecule has 1 unspecified atom stereocenters. The Hall–Kier alpha value is -0.900. The van der Waals surface area contributed by atoms with Crippen molar-refractivity contribution in [2.45, 2.75) is 78.4 Å². The Bertz CT molecular complexity index is 279. The maximum absolute atomic E-state index is 12.0. The molecule has 0 aliphatic carbocycles. The molecule has 3 atom stereocenters. The zero-order valence-corrected chi connectivity index (χ0v) is 12.7. The molecule has 0 bridgehead atoms. The summed E-state index contributed by atoms with van der Waals surface area (Å²) in [6, 6.07) is -0.448. The maximum Gasteiger partial charge on any atom is 0.223 e. The molecule has 0 aromatic rings. The van der Waals surface area contributed by atoms with Crippen LogP contribution in [0.3, 0.4) is 0 Å². The van der Waals surface area contributed by atoms with E-state index in [2.05, 4.69) is 12.2 Å². The van der Waals surface area contributed by atoms with Gasteiger partial charge in [-0.25, -0.2) is 0 Å². The summed E-state index contributed by atoms with van der Waals surface area (Å²) >= 11 is 0. The fourth-order valence-corrected chi connectivity index (χ4v) is 2.10. The maximum atomic E-state index is 12.0. The Balaban J connectivity index is 4.47. The van der Waals surface area contributed by atoms with E-state index in [1.54, 1.807) is 0 Å². The highest BCUT2D eigenvalue weighted by molar-refractivity contribution is 5.83. The first kappa shape index (κ1) is 18.1. The van der Waals surface area contributed by atoms with E-state index in [0.717, 1.165) is 32.1 Å². The Morgan fingerprint density at radius 2 is 1.74 bits per heavy atom. The molecule has 0 radical (unpaired) electrons. The van der Waals surface area contributed by atoms with Crippen LogP contribution < -0.4 is 5.32 Å². The average molecular weight is 271 g/mol. The minimum atomic E-state index is -1.09. The second kappa shape index (κ2) is 9.96. The molecule has 0 aromatic heterocycles. The molecule has 0 saturated heterocycles. The van der Waals surface area contributed by atoms with Crippen molar-refractivity contribution in [3.05, 3.63) is 0 Å². The summed E-state index contributed by atoms with van der Waals surface area (Å²) in [5, 5.41) is 12.7. The number of aliphatic hydroxyl groups is 1. The number of ketones is 1. The number of Topliss-reactive ketones (excluding diaryl/α,β-unsaturated/α-hetero) is 1. The van der Waals surface area contributed by atoms with Gasteiger partial charge in [0.15, 0.2) is 5.78 Å². The lowest BCUT2D eigenvalue weighted by atomic mass is 9.98. The molecule has 0 saturated carbocycles. The molecule has 4 nitrogen and oxygen atoms in total. The van der Waals surface area contributed by atoms with E-state index < -0.39 is 12.1 Å². The molecule has 19 heavy (non-hydrogen) atoms. The lowest BCUT2D eigenvalue weighted by Crippen LogP contribution is -2.47. The van der Waals surface area contributed by atoms with Crippen LogP contribution in [-0.2, 0) is 9.59 Å². The number of rotatable bonds is 10. The van der Waals surface area contributed by atoms with Crippen molar-refractivity contribution in [3.63, 3.8) is 0 Å². The van der Waals surface area contributed by atoms with Crippen molar-refractivity contribution in [1.82, 2.24) is 5.32 Å². The van der Waals surface area contributed by atoms with Crippen LogP contribution in [0.4, 0.5) is 0 Å². The summed E-state index contributed by atoms with van der Waals surface area (Å²) in [6.07, 6.45) is 4.36. The van der Waals surface area contributed by atoms with Gasteiger partial charge in [0.2, 0.25) is 5.91 Å². The van der Waals surface area contributed by atoms with Gasteiger partial charge in [0, 0.05) is 5.92 Å². The fourth-order valence-electron chi connectivity index (χ4n) is 2.10. The van der Waals surface area contributed by atoms with Crippen LogP contribution in [0.1, 0.15) is 66.2 Å². The van der Waals surface area contributed by atoms with Crippen LogP contribution in [0.25, 0.3) is 0 Å². The molecule has 0 aliphatic heterocycles. The van der Waals surface area contributed by atoms with E-state index in [1.165, 1.54) is 6.92 Å². The van der Waals surface area contributed by atoms with Gasteiger partial charge in [0.25, 0.3) is 0 Å². The van der Waals surface area contributed by atoms with Gasteiger partial charge in [-0.2, -0.15) is 0 Å². The highest BCUT2D eigenvalue weighted by Crippen LogP contribution is 2.11. The summed E-state index contributed by atoms with van der Waals surface area (Å²) in [5.41, 5.74) is 0. The second-order valence-electron chi connectivity index (χ2n) is 5.36. The van der Waals surface area contributed by atoms with Gasteiger partial charge in [0.1, 0.15) is 6.10 Å². The van der Waals surface area contributed by atoms with E-state index in [4.69, 9.17) is 0 Å². The molecule has 4 heteroatoms. The SMILES string of the molecule is CCCCC[C@H](NC(=O)[C@@H](C)CCC)C(O)C(C)=O. The second-order valence-corrected chi connectivity index (χ2v) is 5.36. The van der Waals surface area contributed by atoms with Crippen LogP contribution in [0, 0.1) is 5.92 Å². The van der Waals surface area contributed by atoms with E-state index in [0.29, 0.717) is 6.42 Å². The van der Waals surface area contributed by atoms with Crippen LogP contribution in [0.15, 0.2) is 0 Å². The highest BCUT2D eigenvalue weighted by Gasteiger charge is 2.25. The number of carbonyl (C=O) groups is 2.